The molecule has 118 valence electrons. The number of rotatable bonds is 5. The van der Waals surface area contributed by atoms with Gasteiger partial charge in [0.1, 0.15) is 5.75 Å². The van der Waals surface area contributed by atoms with E-state index < -0.39 is 0 Å². The van der Waals surface area contributed by atoms with Crippen molar-refractivity contribution in [2.24, 2.45) is 0 Å². The summed E-state index contributed by atoms with van der Waals surface area (Å²) in [5.41, 5.74) is 2.15. The van der Waals surface area contributed by atoms with Crippen molar-refractivity contribution >= 4 is 10.8 Å². The number of hydrogen-bond donors (Lipinski definition) is 0. The van der Waals surface area contributed by atoms with Crippen LogP contribution in [0.5, 0.6) is 17.2 Å². The van der Waals surface area contributed by atoms with Gasteiger partial charge in [0.05, 0.1) is 27.0 Å². The van der Waals surface area contributed by atoms with E-state index in [0.29, 0.717) is 5.75 Å². The van der Waals surface area contributed by atoms with Crippen molar-refractivity contribution in [3.8, 4) is 17.2 Å². The third kappa shape index (κ3) is 3.06. The zero-order valence-electron chi connectivity index (χ0n) is 13.5. The van der Waals surface area contributed by atoms with Gasteiger partial charge in [0, 0.05) is 18.0 Å². The van der Waals surface area contributed by atoms with Crippen LogP contribution in [0.2, 0.25) is 0 Å². The van der Waals surface area contributed by atoms with E-state index in [1.54, 1.807) is 21.3 Å². The van der Waals surface area contributed by atoms with Gasteiger partial charge in [0.15, 0.2) is 11.5 Å². The lowest BCUT2D eigenvalue weighted by molar-refractivity contribution is 0.356. The fourth-order valence-corrected chi connectivity index (χ4v) is 2.68. The maximum Gasteiger partial charge on any atom is 0.161 e. The quantitative estimate of drug-likeness (QED) is 0.718. The molecule has 1 heterocycles. The van der Waals surface area contributed by atoms with Crippen molar-refractivity contribution in [2.45, 2.75) is 6.42 Å². The van der Waals surface area contributed by atoms with Crippen LogP contribution in [0.25, 0.3) is 10.8 Å². The normalized spacial score (nSPS) is 10.6. The number of benzene rings is 2. The van der Waals surface area contributed by atoms with Gasteiger partial charge in [-0.3, -0.25) is 4.98 Å². The molecule has 0 atom stereocenters. The second-order valence-electron chi connectivity index (χ2n) is 5.21. The van der Waals surface area contributed by atoms with Crippen LogP contribution in [0.3, 0.4) is 0 Å². The van der Waals surface area contributed by atoms with E-state index in [1.165, 1.54) is 0 Å². The first-order chi connectivity index (χ1) is 11.2. The summed E-state index contributed by atoms with van der Waals surface area (Å²) in [6.07, 6.45) is 2.55. The van der Waals surface area contributed by atoms with E-state index >= 15 is 0 Å². The Bertz CT molecular complexity index is 830. The van der Waals surface area contributed by atoms with Crippen LogP contribution in [0.1, 0.15) is 11.3 Å². The largest absolute Gasteiger partial charge is 0.497 e. The van der Waals surface area contributed by atoms with Crippen LogP contribution in [-0.4, -0.2) is 26.3 Å². The Hall–Kier alpha value is -2.75. The number of fused-ring (bicyclic) bond motifs is 1. The molecule has 0 unspecified atom stereocenters. The summed E-state index contributed by atoms with van der Waals surface area (Å²) in [6, 6.07) is 14.0. The van der Waals surface area contributed by atoms with Crippen LogP contribution in [0.15, 0.2) is 48.7 Å². The van der Waals surface area contributed by atoms with E-state index in [1.807, 2.05) is 42.6 Å². The Morgan fingerprint density at radius 2 is 1.65 bits per heavy atom. The summed E-state index contributed by atoms with van der Waals surface area (Å²) in [5.74, 6) is 2.28. The number of aromatic nitrogens is 1. The van der Waals surface area contributed by atoms with Gasteiger partial charge in [-0.15, -0.1) is 0 Å². The summed E-state index contributed by atoms with van der Waals surface area (Å²) in [5, 5.41) is 2.14. The highest BCUT2D eigenvalue weighted by atomic mass is 16.5. The van der Waals surface area contributed by atoms with Gasteiger partial charge < -0.3 is 14.2 Å². The Kier molecular flexibility index (Phi) is 4.33. The first kappa shape index (κ1) is 15.2. The second kappa shape index (κ2) is 6.57. The first-order valence-electron chi connectivity index (χ1n) is 7.37. The number of pyridine rings is 1. The third-order valence-corrected chi connectivity index (χ3v) is 3.86. The number of nitrogens with zero attached hydrogens (tertiary/aromatic N) is 1. The highest BCUT2D eigenvalue weighted by Crippen LogP contribution is 2.33. The van der Waals surface area contributed by atoms with Crippen LogP contribution in [-0.2, 0) is 6.42 Å². The maximum atomic E-state index is 5.41. The van der Waals surface area contributed by atoms with E-state index in [0.717, 1.165) is 39.9 Å². The molecule has 0 saturated heterocycles. The Morgan fingerprint density at radius 3 is 2.39 bits per heavy atom. The highest BCUT2D eigenvalue weighted by Gasteiger charge is 2.10. The minimum absolute atomic E-state index is 0.708. The molecule has 0 fully saturated rings. The molecule has 4 heteroatoms. The standard InChI is InChI=1S/C19H19NO3/c1-21-15-6-4-5-13(9-15)10-17-16-12-19(23-3)18(22-2)11-14(16)7-8-20-17/h4-9,11-12H,10H2,1-3H3. The average molecular weight is 309 g/mol. The van der Waals surface area contributed by atoms with Crippen molar-refractivity contribution in [2.75, 3.05) is 21.3 Å². The predicted octanol–water partition coefficient (Wildman–Crippen LogP) is 3.85. The predicted molar refractivity (Wildman–Crippen MR) is 90.6 cm³/mol. The monoisotopic (exact) mass is 309 g/mol. The molecule has 2 aromatic carbocycles. The van der Waals surface area contributed by atoms with Crippen molar-refractivity contribution in [3.63, 3.8) is 0 Å². The van der Waals surface area contributed by atoms with Crippen LogP contribution in [0, 0.1) is 0 Å². The molecule has 0 saturated carbocycles. The molecular weight excluding hydrogens is 290 g/mol. The van der Waals surface area contributed by atoms with Gasteiger partial charge >= 0.3 is 0 Å². The summed E-state index contributed by atoms with van der Waals surface area (Å²) >= 11 is 0. The second-order valence-corrected chi connectivity index (χ2v) is 5.21. The van der Waals surface area contributed by atoms with E-state index in [4.69, 9.17) is 14.2 Å². The summed E-state index contributed by atoms with van der Waals surface area (Å²) in [6.45, 7) is 0. The number of methoxy groups -OCH3 is 3. The average Bonchev–Trinajstić information content (AvgIpc) is 2.61. The van der Waals surface area contributed by atoms with Crippen LogP contribution < -0.4 is 14.2 Å². The molecule has 0 bridgehead atoms. The fraction of sp³-hybridized carbons (Fsp3) is 0.211. The minimum atomic E-state index is 0.708. The van der Waals surface area contributed by atoms with Crippen molar-refractivity contribution in [3.05, 3.63) is 59.9 Å². The van der Waals surface area contributed by atoms with Crippen molar-refractivity contribution < 1.29 is 14.2 Å². The first-order valence-corrected chi connectivity index (χ1v) is 7.37. The smallest absolute Gasteiger partial charge is 0.161 e. The molecule has 0 aliphatic rings. The Balaban J connectivity index is 2.06. The maximum absolute atomic E-state index is 5.41. The van der Waals surface area contributed by atoms with Gasteiger partial charge in [0.2, 0.25) is 0 Å². The summed E-state index contributed by atoms with van der Waals surface area (Å²) in [4.78, 5) is 4.55. The molecule has 23 heavy (non-hydrogen) atoms. The SMILES string of the molecule is COc1cccc(Cc2nccc3cc(OC)c(OC)cc23)c1. The Labute approximate surface area is 135 Å². The fourth-order valence-electron chi connectivity index (χ4n) is 2.68. The van der Waals surface area contributed by atoms with Gasteiger partial charge in [-0.05, 0) is 41.3 Å². The van der Waals surface area contributed by atoms with Gasteiger partial charge in [-0.1, -0.05) is 12.1 Å². The molecule has 0 spiro atoms. The Morgan fingerprint density at radius 1 is 0.870 bits per heavy atom. The number of ether oxygens (including phenoxy) is 3. The molecule has 0 aliphatic heterocycles. The molecule has 0 amide bonds. The van der Waals surface area contributed by atoms with E-state index in [-0.39, 0.29) is 0 Å². The topological polar surface area (TPSA) is 40.6 Å². The summed E-state index contributed by atoms with van der Waals surface area (Å²) < 4.78 is 16.1. The van der Waals surface area contributed by atoms with Crippen LogP contribution in [0.4, 0.5) is 0 Å². The molecule has 0 aliphatic carbocycles. The zero-order valence-corrected chi connectivity index (χ0v) is 13.5. The van der Waals surface area contributed by atoms with Gasteiger partial charge in [-0.25, -0.2) is 0 Å². The minimum Gasteiger partial charge on any atom is -0.497 e. The zero-order chi connectivity index (χ0) is 16.2. The number of hydrogen-bond acceptors (Lipinski definition) is 4. The van der Waals surface area contributed by atoms with Gasteiger partial charge in [-0.2, -0.15) is 0 Å². The highest BCUT2D eigenvalue weighted by molar-refractivity contribution is 5.88. The van der Waals surface area contributed by atoms with Crippen molar-refractivity contribution in [1.82, 2.24) is 4.98 Å². The van der Waals surface area contributed by atoms with Gasteiger partial charge in [0.25, 0.3) is 0 Å². The molecular formula is C19H19NO3. The third-order valence-electron chi connectivity index (χ3n) is 3.86. The van der Waals surface area contributed by atoms with E-state index in [2.05, 4.69) is 11.1 Å². The lowest BCUT2D eigenvalue weighted by Gasteiger charge is -2.12. The molecule has 0 radical (unpaired) electrons. The molecule has 4 nitrogen and oxygen atoms in total. The lowest BCUT2D eigenvalue weighted by Crippen LogP contribution is -1.96. The van der Waals surface area contributed by atoms with Crippen LogP contribution >= 0.6 is 0 Å². The molecule has 3 rings (SSSR count). The molecule has 3 aromatic rings. The van der Waals surface area contributed by atoms with Crippen molar-refractivity contribution in [1.29, 1.82) is 0 Å². The molecule has 1 aromatic heterocycles. The summed E-state index contributed by atoms with van der Waals surface area (Å²) in [7, 11) is 4.95. The lowest BCUT2D eigenvalue weighted by atomic mass is 10.0. The molecule has 0 N–H and O–H groups in total. The van der Waals surface area contributed by atoms with E-state index in [9.17, 15) is 0 Å².